The first-order valence-corrected chi connectivity index (χ1v) is 10.8. The maximum absolute atomic E-state index is 12.5. The second-order valence-corrected chi connectivity index (χ2v) is 9.30. The number of rotatable bonds is 4. The van der Waals surface area contributed by atoms with Crippen LogP contribution < -0.4 is 10.2 Å². The van der Waals surface area contributed by atoms with Crippen molar-refractivity contribution in [1.82, 2.24) is 4.90 Å². The molecule has 1 aromatic carbocycles. The molecule has 0 unspecified atom stereocenters. The van der Waals surface area contributed by atoms with Crippen LogP contribution in [0.1, 0.15) is 53.4 Å². The number of benzene rings is 1. The summed E-state index contributed by atoms with van der Waals surface area (Å²) in [4.78, 5) is 14.4. The van der Waals surface area contributed by atoms with Crippen LogP contribution in [0, 0.1) is 0 Å². The molecule has 6 nitrogen and oxygen atoms in total. The van der Waals surface area contributed by atoms with Crippen LogP contribution in [-0.2, 0) is 18.8 Å². The van der Waals surface area contributed by atoms with Gasteiger partial charge in [0.1, 0.15) is 18.0 Å². The molecule has 0 aliphatic carbocycles. The van der Waals surface area contributed by atoms with Crippen molar-refractivity contribution in [2.45, 2.75) is 76.8 Å². The topological polar surface area (TPSA) is 57.2 Å². The quantitative estimate of drug-likeness (QED) is 0.726. The van der Waals surface area contributed by atoms with Gasteiger partial charge < -0.3 is 23.7 Å². The van der Waals surface area contributed by atoms with E-state index >= 15 is 0 Å². The number of hydrogen-bond acceptors (Lipinski definition) is 5. The van der Waals surface area contributed by atoms with Gasteiger partial charge in [0.05, 0.1) is 11.2 Å². The molecule has 0 spiro atoms. The lowest BCUT2D eigenvalue weighted by Gasteiger charge is -2.33. The first-order chi connectivity index (χ1) is 13.7. The second kappa shape index (κ2) is 7.93. The molecule has 0 bridgehead atoms. The number of carbonyl (C=O) groups is 1. The summed E-state index contributed by atoms with van der Waals surface area (Å²) in [6, 6.07) is 7.97. The summed E-state index contributed by atoms with van der Waals surface area (Å²) in [5.41, 5.74) is 0.303. The Morgan fingerprint density at radius 1 is 1.03 bits per heavy atom. The van der Waals surface area contributed by atoms with Crippen LogP contribution in [0.15, 0.2) is 24.3 Å². The highest BCUT2D eigenvalue weighted by molar-refractivity contribution is 6.62. The number of carbonyl (C=O) groups excluding carboxylic acids is 1. The van der Waals surface area contributed by atoms with Gasteiger partial charge in [0.25, 0.3) is 5.91 Å². The van der Waals surface area contributed by atoms with Crippen molar-refractivity contribution in [2.24, 2.45) is 0 Å². The summed E-state index contributed by atoms with van der Waals surface area (Å²) in [5, 5.41) is 0. The van der Waals surface area contributed by atoms with Crippen molar-refractivity contribution < 1.29 is 23.6 Å². The van der Waals surface area contributed by atoms with Crippen LogP contribution in [0.4, 0.5) is 0 Å². The molecule has 3 aliphatic heterocycles. The van der Waals surface area contributed by atoms with Gasteiger partial charge >= 0.3 is 7.12 Å². The molecular weight excluding hydrogens is 369 g/mol. The van der Waals surface area contributed by atoms with Crippen molar-refractivity contribution in [3.8, 4) is 5.75 Å². The van der Waals surface area contributed by atoms with E-state index in [4.69, 9.17) is 18.8 Å². The molecule has 1 aromatic rings. The number of nitrogens with zero attached hydrogens (tertiary/aromatic N) is 1. The fourth-order valence-corrected chi connectivity index (χ4v) is 4.05. The Morgan fingerprint density at radius 2 is 1.66 bits per heavy atom. The summed E-state index contributed by atoms with van der Waals surface area (Å²) in [7, 11) is -0.360. The largest absolute Gasteiger partial charge is 0.494 e. The lowest BCUT2D eigenvalue weighted by atomic mass is 9.79. The summed E-state index contributed by atoms with van der Waals surface area (Å²) in [5.74, 6) is 0.988. The summed E-state index contributed by atoms with van der Waals surface area (Å²) >= 11 is 0. The Morgan fingerprint density at radius 3 is 2.21 bits per heavy atom. The fraction of sp³-hybridized carbons (Fsp3) is 0.682. The van der Waals surface area contributed by atoms with Gasteiger partial charge in [0.15, 0.2) is 0 Å². The van der Waals surface area contributed by atoms with Gasteiger partial charge in [-0.25, -0.2) is 0 Å². The minimum Gasteiger partial charge on any atom is -0.490 e. The predicted molar refractivity (Wildman–Crippen MR) is 111 cm³/mol. The first-order valence-electron chi connectivity index (χ1n) is 10.8. The van der Waals surface area contributed by atoms with Gasteiger partial charge in [0, 0.05) is 32.5 Å². The third-order valence-electron chi connectivity index (χ3n) is 6.67. The average Bonchev–Trinajstić information content (AvgIpc) is 3.29. The lowest BCUT2D eigenvalue weighted by Crippen LogP contribution is -2.45. The van der Waals surface area contributed by atoms with Gasteiger partial charge in [-0.05, 0) is 58.1 Å². The number of likely N-dealkylation sites (tertiary alicyclic amines) is 1. The van der Waals surface area contributed by atoms with E-state index in [1.165, 1.54) is 0 Å². The molecule has 0 N–H and O–H groups in total. The second-order valence-electron chi connectivity index (χ2n) is 9.30. The van der Waals surface area contributed by atoms with Crippen LogP contribution in [0.5, 0.6) is 5.75 Å². The van der Waals surface area contributed by atoms with Crippen molar-refractivity contribution in [2.75, 3.05) is 19.7 Å². The fourth-order valence-electron chi connectivity index (χ4n) is 4.05. The number of ether oxygens (including phenoxy) is 2. The SMILES string of the molecule is CC1(C)OB(c2ccc(OC3CCN(C(=O)[C@H]4CCCO4)CC3)cc2)OC1(C)C. The molecule has 29 heavy (non-hydrogen) atoms. The van der Waals surface area contributed by atoms with Crippen molar-refractivity contribution in [1.29, 1.82) is 0 Å². The number of hydrogen-bond donors (Lipinski definition) is 0. The minimum atomic E-state index is -0.360. The summed E-state index contributed by atoms with van der Waals surface area (Å²) < 4.78 is 23.9. The van der Waals surface area contributed by atoms with Gasteiger partial charge in [-0.3, -0.25) is 4.79 Å². The van der Waals surface area contributed by atoms with Crippen molar-refractivity contribution >= 4 is 18.5 Å². The van der Waals surface area contributed by atoms with Crippen molar-refractivity contribution in [3.05, 3.63) is 24.3 Å². The van der Waals surface area contributed by atoms with Crippen LogP contribution in [-0.4, -0.2) is 61.0 Å². The zero-order chi connectivity index (χ0) is 20.6. The van der Waals surface area contributed by atoms with E-state index in [2.05, 4.69) is 27.7 Å². The van der Waals surface area contributed by atoms with Crippen molar-refractivity contribution in [3.63, 3.8) is 0 Å². The van der Waals surface area contributed by atoms with Crippen LogP contribution in [0.2, 0.25) is 0 Å². The summed E-state index contributed by atoms with van der Waals surface area (Å²) in [6.45, 7) is 10.4. The normalized spacial score (nSPS) is 26.7. The molecule has 158 valence electrons. The number of amides is 1. The first kappa shape index (κ1) is 20.7. The van der Waals surface area contributed by atoms with E-state index in [1.54, 1.807) is 0 Å². The Labute approximate surface area is 174 Å². The lowest BCUT2D eigenvalue weighted by molar-refractivity contribution is -0.142. The monoisotopic (exact) mass is 401 g/mol. The zero-order valence-electron chi connectivity index (χ0n) is 18.0. The molecule has 3 aliphatic rings. The molecule has 1 amide bonds. The molecule has 3 saturated heterocycles. The van der Waals surface area contributed by atoms with E-state index in [0.29, 0.717) is 6.61 Å². The Kier molecular flexibility index (Phi) is 5.66. The average molecular weight is 401 g/mol. The maximum Gasteiger partial charge on any atom is 0.494 e. The van der Waals surface area contributed by atoms with E-state index in [9.17, 15) is 4.79 Å². The van der Waals surface area contributed by atoms with Gasteiger partial charge in [-0.2, -0.15) is 0 Å². The molecule has 1 atom stereocenters. The maximum atomic E-state index is 12.5. The van der Waals surface area contributed by atoms with E-state index < -0.39 is 0 Å². The molecule has 3 heterocycles. The van der Waals surface area contributed by atoms with Crippen LogP contribution in [0.25, 0.3) is 0 Å². The molecule has 4 rings (SSSR count). The summed E-state index contributed by atoms with van der Waals surface area (Å²) in [6.07, 6.45) is 3.43. The van der Waals surface area contributed by atoms with Gasteiger partial charge in [-0.15, -0.1) is 0 Å². The van der Waals surface area contributed by atoms with Gasteiger partial charge in [0.2, 0.25) is 0 Å². The Bertz CT molecular complexity index is 705. The zero-order valence-corrected chi connectivity index (χ0v) is 18.0. The van der Waals surface area contributed by atoms with Crippen LogP contribution >= 0.6 is 0 Å². The van der Waals surface area contributed by atoms with E-state index in [1.807, 2.05) is 29.2 Å². The molecule has 0 saturated carbocycles. The van der Waals surface area contributed by atoms with Crippen LogP contribution in [0.3, 0.4) is 0 Å². The van der Waals surface area contributed by atoms with Gasteiger partial charge in [-0.1, -0.05) is 12.1 Å². The highest BCUT2D eigenvalue weighted by atomic mass is 16.7. The highest BCUT2D eigenvalue weighted by Gasteiger charge is 2.51. The predicted octanol–water partition coefficient (Wildman–Crippen LogP) is 2.53. The molecule has 0 aromatic heterocycles. The standard InChI is InChI=1S/C22H32BNO5/c1-21(2)22(3,4)29-23(28-21)16-7-9-17(10-8-16)27-18-11-13-24(14-12-18)20(25)19-6-5-15-26-19/h7-10,18-19H,5-6,11-15H2,1-4H3/t19-/m1/s1. The Balaban J connectivity index is 1.28. The third kappa shape index (κ3) is 4.32. The molecule has 7 heteroatoms. The molecular formula is C22H32BNO5. The Hall–Kier alpha value is -1.57. The highest BCUT2D eigenvalue weighted by Crippen LogP contribution is 2.36. The third-order valence-corrected chi connectivity index (χ3v) is 6.67. The van der Waals surface area contributed by atoms with E-state index in [0.717, 1.165) is 50.0 Å². The molecule has 3 fully saturated rings. The molecule has 0 radical (unpaired) electrons. The minimum absolute atomic E-state index is 0.131. The smallest absolute Gasteiger partial charge is 0.490 e. The number of piperidine rings is 1. The van der Waals surface area contributed by atoms with E-state index in [-0.39, 0.29) is 36.4 Å².